The molecule has 5 nitrogen and oxygen atoms in total. The number of hydrogen-bond acceptors (Lipinski definition) is 4. The van der Waals surface area contributed by atoms with Crippen molar-refractivity contribution in [2.45, 2.75) is 26.2 Å². The fourth-order valence-electron chi connectivity index (χ4n) is 4.08. The van der Waals surface area contributed by atoms with Crippen molar-refractivity contribution in [2.24, 2.45) is 11.3 Å². The number of rotatable bonds is 5. The van der Waals surface area contributed by atoms with Crippen LogP contribution in [0.15, 0.2) is 36.4 Å². The summed E-state index contributed by atoms with van der Waals surface area (Å²) < 4.78 is 25.2. The molecule has 1 saturated heterocycles. The first-order chi connectivity index (χ1) is 13.5. The summed E-state index contributed by atoms with van der Waals surface area (Å²) in [5, 5.41) is 6.22. The fraction of sp³-hybridized carbons (Fsp3) is 0.409. The maximum absolute atomic E-state index is 13.9. The lowest BCUT2D eigenvalue weighted by Crippen LogP contribution is -2.31. The van der Waals surface area contributed by atoms with Crippen molar-refractivity contribution >= 4 is 24.0 Å². The standard InChI is InChI=1S/C22H25FN2O3.ClH/c1-14-3-5-19(20(11-14)27-2)28-18-6-4-15(23)12-17(18)25-21(26)16-13-22(16)7-9-24-10-8-22;/h3-6,11-12,16,24H,7-10,13H2,1-2H3,(H,25,26);1H. The van der Waals surface area contributed by atoms with E-state index in [0.29, 0.717) is 22.9 Å². The Morgan fingerprint density at radius 3 is 2.59 bits per heavy atom. The van der Waals surface area contributed by atoms with E-state index in [1.807, 2.05) is 19.1 Å². The van der Waals surface area contributed by atoms with Crippen LogP contribution in [0, 0.1) is 24.1 Å². The second-order valence-corrected chi connectivity index (χ2v) is 7.76. The van der Waals surface area contributed by atoms with Crippen LogP contribution in [0.25, 0.3) is 0 Å². The van der Waals surface area contributed by atoms with Gasteiger partial charge >= 0.3 is 0 Å². The molecule has 0 aromatic heterocycles. The monoisotopic (exact) mass is 420 g/mol. The molecule has 29 heavy (non-hydrogen) atoms. The minimum atomic E-state index is -0.425. The zero-order valence-electron chi connectivity index (χ0n) is 16.6. The van der Waals surface area contributed by atoms with Gasteiger partial charge in [0.05, 0.1) is 12.8 Å². The van der Waals surface area contributed by atoms with Crippen LogP contribution in [-0.4, -0.2) is 26.1 Å². The van der Waals surface area contributed by atoms with Crippen LogP contribution in [0.2, 0.25) is 0 Å². The van der Waals surface area contributed by atoms with Gasteiger partial charge in [-0.05, 0) is 74.5 Å². The average molecular weight is 421 g/mol. The Kier molecular flexibility index (Phi) is 6.34. The Bertz CT molecular complexity index is 900. The number of benzene rings is 2. The van der Waals surface area contributed by atoms with Crippen LogP contribution in [0.5, 0.6) is 17.2 Å². The largest absolute Gasteiger partial charge is 0.493 e. The van der Waals surface area contributed by atoms with Crippen LogP contribution >= 0.6 is 12.4 Å². The molecule has 2 aromatic carbocycles. The van der Waals surface area contributed by atoms with Crippen LogP contribution in [0.1, 0.15) is 24.8 Å². The lowest BCUT2D eigenvalue weighted by atomic mass is 9.92. The molecule has 2 aromatic rings. The molecule has 1 aliphatic heterocycles. The van der Waals surface area contributed by atoms with Crippen molar-refractivity contribution in [1.29, 1.82) is 0 Å². The Morgan fingerprint density at radius 1 is 1.14 bits per heavy atom. The van der Waals surface area contributed by atoms with E-state index in [4.69, 9.17) is 9.47 Å². The SMILES string of the molecule is COc1cc(C)ccc1Oc1ccc(F)cc1NC(=O)C1CC12CCNCC2.Cl. The highest BCUT2D eigenvalue weighted by atomic mass is 35.5. The zero-order valence-corrected chi connectivity index (χ0v) is 17.4. The quantitative estimate of drug-likeness (QED) is 0.737. The maximum atomic E-state index is 13.9. The van der Waals surface area contributed by atoms with Gasteiger partial charge < -0.3 is 20.1 Å². The molecule has 1 heterocycles. The Morgan fingerprint density at radius 2 is 1.86 bits per heavy atom. The lowest BCUT2D eigenvalue weighted by molar-refractivity contribution is -0.118. The molecule has 1 atom stereocenters. The van der Waals surface area contributed by atoms with E-state index >= 15 is 0 Å². The molecular weight excluding hydrogens is 395 g/mol. The van der Waals surface area contributed by atoms with Crippen LogP contribution in [-0.2, 0) is 4.79 Å². The highest BCUT2D eigenvalue weighted by Crippen LogP contribution is 2.59. The number of hydrogen-bond donors (Lipinski definition) is 2. The highest BCUT2D eigenvalue weighted by molar-refractivity contribution is 5.96. The lowest BCUT2D eigenvalue weighted by Gasteiger charge is -2.23. The van der Waals surface area contributed by atoms with Gasteiger partial charge in [0.1, 0.15) is 5.82 Å². The Hall–Kier alpha value is -2.31. The summed E-state index contributed by atoms with van der Waals surface area (Å²) in [4.78, 5) is 12.8. The summed E-state index contributed by atoms with van der Waals surface area (Å²) in [5.41, 5.74) is 1.49. The summed E-state index contributed by atoms with van der Waals surface area (Å²) in [7, 11) is 1.57. The number of nitrogens with one attached hydrogen (secondary N) is 2. The molecule has 0 bridgehead atoms. The topological polar surface area (TPSA) is 59.6 Å². The number of carbonyl (C=O) groups excluding carboxylic acids is 1. The molecule has 0 radical (unpaired) electrons. The van der Waals surface area contributed by atoms with Crippen molar-refractivity contribution in [3.05, 3.63) is 47.8 Å². The molecule has 2 aliphatic rings. The molecule has 4 rings (SSSR count). The number of anilines is 1. The molecule has 2 N–H and O–H groups in total. The minimum Gasteiger partial charge on any atom is -0.493 e. The molecule has 2 fully saturated rings. The van der Waals surface area contributed by atoms with Crippen LogP contribution in [0.4, 0.5) is 10.1 Å². The highest BCUT2D eigenvalue weighted by Gasteiger charge is 2.57. The predicted octanol–water partition coefficient (Wildman–Crippen LogP) is 4.69. The van der Waals surface area contributed by atoms with Gasteiger partial charge in [0.25, 0.3) is 0 Å². The summed E-state index contributed by atoms with van der Waals surface area (Å²) in [6, 6.07) is 9.71. The molecule has 1 saturated carbocycles. The third kappa shape index (κ3) is 4.49. The minimum absolute atomic E-state index is 0. The Labute approximate surface area is 176 Å². The van der Waals surface area contributed by atoms with Gasteiger partial charge in [-0.1, -0.05) is 6.07 Å². The van der Waals surface area contributed by atoms with Crippen molar-refractivity contribution in [3.8, 4) is 17.2 Å². The van der Waals surface area contributed by atoms with E-state index in [-0.39, 0.29) is 29.6 Å². The van der Waals surface area contributed by atoms with Gasteiger partial charge in [0.15, 0.2) is 17.2 Å². The number of piperidine rings is 1. The third-order valence-corrected chi connectivity index (χ3v) is 5.84. The molecule has 156 valence electrons. The number of methoxy groups -OCH3 is 1. The number of aryl methyl sites for hydroxylation is 1. The molecule has 1 unspecified atom stereocenters. The number of amides is 1. The predicted molar refractivity (Wildman–Crippen MR) is 113 cm³/mol. The molecule has 1 spiro atoms. The molecular formula is C22H26ClFN2O3. The third-order valence-electron chi connectivity index (χ3n) is 5.84. The average Bonchev–Trinajstić information content (AvgIpc) is 3.38. The number of halogens is 2. The van der Waals surface area contributed by atoms with Crippen LogP contribution in [0.3, 0.4) is 0 Å². The van der Waals surface area contributed by atoms with Gasteiger partial charge in [-0.25, -0.2) is 4.39 Å². The fourth-order valence-corrected chi connectivity index (χ4v) is 4.08. The molecule has 1 amide bonds. The van der Waals surface area contributed by atoms with E-state index in [1.54, 1.807) is 13.2 Å². The normalized spacial score (nSPS) is 19.2. The van der Waals surface area contributed by atoms with Crippen molar-refractivity contribution in [1.82, 2.24) is 5.32 Å². The number of carbonyl (C=O) groups is 1. The summed E-state index contributed by atoms with van der Waals surface area (Å²) >= 11 is 0. The van der Waals surface area contributed by atoms with E-state index in [0.717, 1.165) is 37.9 Å². The second kappa shape index (κ2) is 8.59. The van der Waals surface area contributed by atoms with Crippen molar-refractivity contribution in [2.75, 3.05) is 25.5 Å². The summed E-state index contributed by atoms with van der Waals surface area (Å²) in [6.45, 7) is 3.86. The molecule has 1 aliphatic carbocycles. The second-order valence-electron chi connectivity index (χ2n) is 7.76. The summed E-state index contributed by atoms with van der Waals surface area (Å²) in [5.74, 6) is 0.976. The van der Waals surface area contributed by atoms with E-state index < -0.39 is 5.82 Å². The zero-order chi connectivity index (χ0) is 19.7. The van der Waals surface area contributed by atoms with Gasteiger partial charge in [-0.15, -0.1) is 12.4 Å². The van der Waals surface area contributed by atoms with Gasteiger partial charge in [0.2, 0.25) is 5.91 Å². The van der Waals surface area contributed by atoms with Crippen molar-refractivity contribution in [3.63, 3.8) is 0 Å². The first-order valence-electron chi connectivity index (χ1n) is 9.64. The van der Waals surface area contributed by atoms with Gasteiger partial charge in [0, 0.05) is 12.0 Å². The maximum Gasteiger partial charge on any atom is 0.228 e. The van der Waals surface area contributed by atoms with Crippen molar-refractivity contribution < 1.29 is 18.7 Å². The van der Waals surface area contributed by atoms with Gasteiger partial charge in [-0.3, -0.25) is 4.79 Å². The van der Waals surface area contributed by atoms with E-state index in [1.165, 1.54) is 18.2 Å². The van der Waals surface area contributed by atoms with E-state index in [9.17, 15) is 9.18 Å². The number of ether oxygens (including phenoxy) is 2. The van der Waals surface area contributed by atoms with Crippen LogP contribution < -0.4 is 20.1 Å². The first kappa shape index (κ1) is 21.4. The summed E-state index contributed by atoms with van der Waals surface area (Å²) in [6.07, 6.45) is 2.92. The smallest absolute Gasteiger partial charge is 0.228 e. The molecule has 7 heteroatoms. The first-order valence-corrected chi connectivity index (χ1v) is 9.64. The van der Waals surface area contributed by atoms with E-state index in [2.05, 4.69) is 10.6 Å². The Balaban J connectivity index is 0.00000240. The van der Waals surface area contributed by atoms with Gasteiger partial charge in [-0.2, -0.15) is 0 Å².